The minimum absolute atomic E-state index is 0.249. The fourth-order valence-electron chi connectivity index (χ4n) is 0.905. The predicted octanol–water partition coefficient (Wildman–Crippen LogP) is 3.93. The Kier molecular flexibility index (Phi) is 4.55. The molecule has 0 aliphatic carbocycles. The fourth-order valence-corrected chi connectivity index (χ4v) is 1.97. The fraction of sp³-hybridized carbons (Fsp3) is 0.125. The molecule has 0 fully saturated rings. The van der Waals surface area contributed by atoms with Crippen LogP contribution in [0.1, 0.15) is 0 Å². The van der Waals surface area contributed by atoms with Crippen molar-refractivity contribution in [2.24, 2.45) is 5.73 Å². The number of urea groups is 1. The van der Waals surface area contributed by atoms with E-state index in [0.29, 0.717) is 10.7 Å². The Bertz CT molecular complexity index is 382. The SMILES string of the molecule is NC(=O)N(SC(F)(Cl)Cl)c1ccc(Cl)cc1. The third-order valence-electron chi connectivity index (χ3n) is 1.46. The monoisotopic (exact) mass is 302 g/mol. The van der Waals surface area contributed by atoms with Crippen LogP contribution in [0.2, 0.25) is 5.02 Å². The molecule has 0 unspecified atom stereocenters. The van der Waals surface area contributed by atoms with Gasteiger partial charge in [0, 0.05) is 17.0 Å². The van der Waals surface area contributed by atoms with Gasteiger partial charge in [-0.05, 0) is 24.3 Å². The van der Waals surface area contributed by atoms with E-state index in [2.05, 4.69) is 0 Å². The first-order chi connectivity index (χ1) is 7.29. The van der Waals surface area contributed by atoms with Crippen LogP contribution in [0.3, 0.4) is 0 Å². The first kappa shape index (κ1) is 13.7. The van der Waals surface area contributed by atoms with Crippen molar-refractivity contribution in [1.29, 1.82) is 0 Å². The molecule has 16 heavy (non-hydrogen) atoms. The first-order valence-corrected chi connectivity index (χ1v) is 5.81. The Hall–Kier alpha value is -0.360. The van der Waals surface area contributed by atoms with E-state index in [1.165, 1.54) is 24.3 Å². The van der Waals surface area contributed by atoms with Gasteiger partial charge < -0.3 is 5.73 Å². The summed E-state index contributed by atoms with van der Waals surface area (Å²) in [6.45, 7) is 0. The first-order valence-electron chi connectivity index (χ1n) is 3.90. The van der Waals surface area contributed by atoms with Gasteiger partial charge in [0.05, 0.1) is 5.69 Å². The Labute approximate surface area is 111 Å². The van der Waals surface area contributed by atoms with Crippen LogP contribution in [0.4, 0.5) is 14.9 Å². The normalized spacial score (nSPS) is 11.2. The lowest BCUT2D eigenvalue weighted by molar-refractivity contribution is 0.257. The van der Waals surface area contributed by atoms with Crippen LogP contribution < -0.4 is 10.0 Å². The molecule has 0 atom stereocenters. The van der Waals surface area contributed by atoms with E-state index in [-0.39, 0.29) is 11.9 Å². The Morgan fingerprint density at radius 2 is 1.88 bits per heavy atom. The van der Waals surface area contributed by atoms with Gasteiger partial charge in [0.25, 0.3) is 0 Å². The van der Waals surface area contributed by atoms with Gasteiger partial charge in [-0.1, -0.05) is 34.8 Å². The molecule has 0 spiro atoms. The van der Waals surface area contributed by atoms with Crippen molar-refractivity contribution < 1.29 is 9.18 Å². The second-order valence-electron chi connectivity index (χ2n) is 2.65. The molecule has 2 amide bonds. The molecule has 0 aliphatic heterocycles. The molecule has 0 saturated carbocycles. The smallest absolute Gasteiger partial charge is 0.329 e. The predicted molar refractivity (Wildman–Crippen MR) is 66.7 cm³/mol. The lowest BCUT2D eigenvalue weighted by Crippen LogP contribution is -2.32. The van der Waals surface area contributed by atoms with Gasteiger partial charge in [-0.2, -0.15) is 4.39 Å². The standard InChI is InChI=1S/C8H6Cl3FN2OS/c9-5-1-3-6(4-2-5)14(7(13)15)16-8(10,11)12/h1-4H,(H2,13,15). The maximum atomic E-state index is 13.0. The third-order valence-corrected chi connectivity index (χ3v) is 2.90. The zero-order chi connectivity index (χ0) is 12.3. The molecule has 3 nitrogen and oxygen atoms in total. The number of nitrogens with zero attached hydrogens (tertiary/aromatic N) is 1. The number of benzene rings is 1. The summed E-state index contributed by atoms with van der Waals surface area (Å²) < 4.78 is 11.2. The van der Waals surface area contributed by atoms with E-state index >= 15 is 0 Å². The highest BCUT2D eigenvalue weighted by atomic mass is 35.5. The van der Waals surface area contributed by atoms with Gasteiger partial charge in [0.1, 0.15) is 0 Å². The van der Waals surface area contributed by atoms with Crippen molar-refractivity contribution in [3.05, 3.63) is 29.3 Å². The molecule has 2 N–H and O–H groups in total. The van der Waals surface area contributed by atoms with Crippen LogP contribution in [0, 0.1) is 0 Å². The summed E-state index contributed by atoms with van der Waals surface area (Å²) in [6.07, 6.45) is 0. The summed E-state index contributed by atoms with van der Waals surface area (Å²) in [5.74, 6) is 0. The quantitative estimate of drug-likeness (QED) is 0.679. The summed E-state index contributed by atoms with van der Waals surface area (Å²) >= 11 is 16.2. The number of anilines is 1. The van der Waals surface area contributed by atoms with E-state index in [0.717, 1.165) is 4.31 Å². The molecular weight excluding hydrogens is 298 g/mol. The van der Waals surface area contributed by atoms with Gasteiger partial charge >= 0.3 is 9.95 Å². The number of halogens is 4. The molecule has 8 heteroatoms. The van der Waals surface area contributed by atoms with Crippen molar-refractivity contribution in [2.75, 3.05) is 4.31 Å². The number of primary amides is 1. The molecule has 1 aromatic carbocycles. The molecule has 0 bridgehead atoms. The molecule has 1 rings (SSSR count). The molecule has 0 radical (unpaired) electrons. The number of carbonyl (C=O) groups is 1. The van der Waals surface area contributed by atoms with Crippen molar-refractivity contribution in [3.8, 4) is 0 Å². The largest absolute Gasteiger partial charge is 0.350 e. The highest BCUT2D eigenvalue weighted by Crippen LogP contribution is 2.40. The Balaban J connectivity index is 2.94. The Morgan fingerprint density at radius 3 is 2.25 bits per heavy atom. The van der Waals surface area contributed by atoms with Crippen molar-refractivity contribution in [2.45, 2.75) is 3.92 Å². The lowest BCUT2D eigenvalue weighted by atomic mass is 10.3. The molecule has 0 aromatic heterocycles. The van der Waals surface area contributed by atoms with Crippen molar-refractivity contribution in [1.82, 2.24) is 0 Å². The lowest BCUT2D eigenvalue weighted by Gasteiger charge is -2.21. The van der Waals surface area contributed by atoms with Crippen molar-refractivity contribution >= 4 is 58.5 Å². The van der Waals surface area contributed by atoms with Gasteiger partial charge in [-0.3, -0.25) is 0 Å². The van der Waals surface area contributed by atoms with Crippen LogP contribution in [-0.4, -0.2) is 9.95 Å². The van der Waals surface area contributed by atoms with Crippen LogP contribution >= 0.6 is 46.8 Å². The molecular formula is C8H6Cl3FN2OS. The number of alkyl halides is 3. The topological polar surface area (TPSA) is 46.3 Å². The minimum Gasteiger partial charge on any atom is -0.350 e. The van der Waals surface area contributed by atoms with Crippen molar-refractivity contribution in [3.63, 3.8) is 0 Å². The average Bonchev–Trinajstić information content (AvgIpc) is 2.14. The van der Waals surface area contributed by atoms with Crippen LogP contribution in [0.5, 0.6) is 0 Å². The van der Waals surface area contributed by atoms with Gasteiger partial charge in [0.2, 0.25) is 0 Å². The highest BCUT2D eigenvalue weighted by Gasteiger charge is 2.30. The molecule has 88 valence electrons. The van der Waals surface area contributed by atoms with E-state index in [1.807, 2.05) is 0 Å². The van der Waals surface area contributed by atoms with E-state index in [1.54, 1.807) is 0 Å². The van der Waals surface area contributed by atoms with Crippen LogP contribution in [0.25, 0.3) is 0 Å². The summed E-state index contributed by atoms with van der Waals surface area (Å²) in [5, 5.41) is 0.474. The van der Waals surface area contributed by atoms with E-state index in [4.69, 9.17) is 40.5 Å². The summed E-state index contributed by atoms with van der Waals surface area (Å²) in [7, 11) is 0. The number of hydrogen-bond donors (Lipinski definition) is 1. The summed E-state index contributed by atoms with van der Waals surface area (Å²) in [5.41, 5.74) is 5.39. The zero-order valence-corrected chi connectivity index (χ0v) is 10.7. The second kappa shape index (κ2) is 5.31. The number of nitrogens with two attached hydrogens (primary N) is 1. The number of rotatable bonds is 3. The molecule has 0 saturated heterocycles. The third kappa shape index (κ3) is 4.25. The number of carbonyl (C=O) groups excluding carboxylic acids is 1. The maximum Gasteiger partial charge on any atom is 0.329 e. The Morgan fingerprint density at radius 1 is 1.38 bits per heavy atom. The zero-order valence-electron chi connectivity index (χ0n) is 7.66. The average molecular weight is 304 g/mol. The molecule has 0 aliphatic rings. The van der Waals surface area contributed by atoms with Crippen LogP contribution in [0.15, 0.2) is 24.3 Å². The number of amides is 2. The summed E-state index contributed by atoms with van der Waals surface area (Å²) in [4.78, 5) is 11.1. The summed E-state index contributed by atoms with van der Waals surface area (Å²) in [6, 6.07) is 5.13. The van der Waals surface area contributed by atoms with E-state index in [9.17, 15) is 9.18 Å². The number of hydrogen-bond acceptors (Lipinski definition) is 2. The van der Waals surface area contributed by atoms with Crippen LogP contribution in [-0.2, 0) is 0 Å². The van der Waals surface area contributed by atoms with Gasteiger partial charge in [-0.25, -0.2) is 9.10 Å². The maximum absolute atomic E-state index is 13.0. The van der Waals surface area contributed by atoms with E-state index < -0.39 is 9.95 Å². The second-order valence-corrected chi connectivity index (χ2v) is 5.88. The minimum atomic E-state index is -2.64. The molecule has 0 heterocycles. The molecule has 1 aromatic rings. The van der Waals surface area contributed by atoms with Gasteiger partial charge in [-0.15, -0.1) is 0 Å². The highest BCUT2D eigenvalue weighted by molar-refractivity contribution is 8.04. The van der Waals surface area contributed by atoms with Gasteiger partial charge in [0.15, 0.2) is 0 Å².